The van der Waals surface area contributed by atoms with E-state index in [-0.39, 0.29) is 32.3 Å². The number of carbonyl (C=O) groups is 5. The van der Waals surface area contributed by atoms with E-state index in [0.717, 1.165) is 38.5 Å². The van der Waals surface area contributed by atoms with Crippen LogP contribution in [-0.2, 0) is 33.4 Å². The van der Waals surface area contributed by atoms with Crippen molar-refractivity contribution < 1.29 is 38.6 Å². The molecule has 0 aromatic rings. The van der Waals surface area contributed by atoms with Gasteiger partial charge in [0, 0.05) is 19.3 Å². The molecule has 2 amide bonds. The van der Waals surface area contributed by atoms with Gasteiger partial charge in [0.2, 0.25) is 11.8 Å². The second-order valence-corrected chi connectivity index (χ2v) is 14.9. The van der Waals surface area contributed by atoms with Gasteiger partial charge in [0.15, 0.2) is 0 Å². The molecule has 53 heavy (non-hydrogen) atoms. The molecule has 10 nitrogen and oxygen atoms in total. The minimum atomic E-state index is -1.18. The zero-order chi connectivity index (χ0) is 39.0. The number of unbranched alkanes of at least 4 members (excludes halogenated alkanes) is 26. The van der Waals surface area contributed by atoms with Crippen molar-refractivity contribution in [3.05, 3.63) is 0 Å². The van der Waals surface area contributed by atoms with Crippen LogP contribution in [0.5, 0.6) is 0 Å². The summed E-state index contributed by atoms with van der Waals surface area (Å²) in [6, 6.07) is -1.04. The van der Waals surface area contributed by atoms with E-state index in [0.29, 0.717) is 6.61 Å². The Labute approximate surface area is 323 Å². The highest BCUT2D eigenvalue weighted by molar-refractivity contribution is 5.88. The molecule has 10 heteroatoms. The van der Waals surface area contributed by atoms with Crippen LogP contribution in [0, 0.1) is 0 Å². The second-order valence-electron chi connectivity index (χ2n) is 14.9. The van der Waals surface area contributed by atoms with Crippen molar-refractivity contribution in [3.8, 4) is 0 Å². The Balaban J connectivity index is 4.29. The highest BCUT2D eigenvalue weighted by atomic mass is 16.5. The highest BCUT2D eigenvalue weighted by Gasteiger charge is 2.24. The number of carboxylic acids is 1. The zero-order valence-electron chi connectivity index (χ0n) is 34.1. The summed E-state index contributed by atoms with van der Waals surface area (Å²) in [5, 5.41) is 13.5. The van der Waals surface area contributed by atoms with Crippen molar-refractivity contribution in [2.24, 2.45) is 0 Å². The Morgan fingerprint density at radius 3 is 1.23 bits per heavy atom. The van der Waals surface area contributed by atoms with Gasteiger partial charge in [-0.1, -0.05) is 181 Å². The Morgan fingerprint density at radius 1 is 0.472 bits per heavy atom. The number of carboxylic acid groups (broad SMARTS) is 1. The molecule has 0 bridgehead atoms. The number of nitrogens with one attached hydrogen (secondary N) is 2. The number of esters is 2. The van der Waals surface area contributed by atoms with Gasteiger partial charge in [-0.15, -0.1) is 0 Å². The minimum Gasteiger partial charge on any atom is -0.480 e. The van der Waals surface area contributed by atoms with Crippen molar-refractivity contribution in [1.29, 1.82) is 0 Å². The highest BCUT2D eigenvalue weighted by Crippen LogP contribution is 2.15. The van der Waals surface area contributed by atoms with E-state index in [2.05, 4.69) is 24.5 Å². The monoisotopic (exact) mass is 753 g/mol. The fraction of sp³-hybridized carbons (Fsp3) is 0.884. The second kappa shape index (κ2) is 39.1. The molecule has 0 rings (SSSR count). The summed E-state index contributed by atoms with van der Waals surface area (Å²) in [5.74, 6) is -3.34. The molecule has 0 aromatic heterocycles. The fourth-order valence-electron chi connectivity index (χ4n) is 6.39. The van der Waals surface area contributed by atoms with Crippen LogP contribution in [0.15, 0.2) is 0 Å². The maximum Gasteiger partial charge on any atom is 0.328 e. The molecule has 0 aromatic carbocycles. The number of amides is 2. The molecular weight excluding hydrogens is 672 g/mol. The van der Waals surface area contributed by atoms with Gasteiger partial charge in [-0.2, -0.15) is 0 Å². The van der Waals surface area contributed by atoms with Crippen LogP contribution >= 0.6 is 0 Å². The third-order valence-electron chi connectivity index (χ3n) is 9.78. The summed E-state index contributed by atoms with van der Waals surface area (Å²) in [7, 11) is 0. The lowest BCUT2D eigenvalue weighted by Gasteiger charge is -2.17. The standard InChI is InChI=1S/C43H80N2O8/c1-3-5-7-9-11-13-15-17-19-21-23-25-27-29-35-52-42(50)34-31-38(45-40(47)33-32-39(46)44-37-41(48)49)43(51)53-36-30-28-26-24-22-20-18-16-14-12-10-8-6-4-2/h38H,3-37H2,1-2H3,(H,44,46)(H,45,47)(H,48,49). The summed E-state index contributed by atoms with van der Waals surface area (Å²) in [6.45, 7) is 4.54. The number of aliphatic carboxylic acids is 1. The number of hydrogen-bond acceptors (Lipinski definition) is 7. The molecule has 0 aliphatic rings. The Morgan fingerprint density at radius 2 is 0.830 bits per heavy atom. The van der Waals surface area contributed by atoms with Crippen LogP contribution in [0.4, 0.5) is 0 Å². The molecule has 0 fully saturated rings. The maximum absolute atomic E-state index is 12.9. The van der Waals surface area contributed by atoms with Crippen molar-refractivity contribution in [1.82, 2.24) is 10.6 Å². The first kappa shape index (κ1) is 50.4. The summed E-state index contributed by atoms with van der Waals surface area (Å²) >= 11 is 0. The molecule has 0 aliphatic heterocycles. The minimum absolute atomic E-state index is 0.0338. The SMILES string of the molecule is CCCCCCCCCCCCCCCCOC(=O)CCC(NC(=O)CCC(=O)NCC(=O)O)C(=O)OCCCCCCCCCCCCCCCC. The number of hydrogen-bond donors (Lipinski definition) is 3. The molecular formula is C43H80N2O8. The first-order chi connectivity index (χ1) is 25.8. The van der Waals surface area contributed by atoms with Gasteiger partial charge in [0.1, 0.15) is 12.6 Å². The Bertz CT molecular complexity index is 913. The van der Waals surface area contributed by atoms with Gasteiger partial charge >= 0.3 is 17.9 Å². The third-order valence-corrected chi connectivity index (χ3v) is 9.78. The molecule has 310 valence electrons. The van der Waals surface area contributed by atoms with Crippen LogP contribution in [0.3, 0.4) is 0 Å². The summed E-state index contributed by atoms with van der Waals surface area (Å²) in [4.78, 5) is 60.4. The summed E-state index contributed by atoms with van der Waals surface area (Å²) in [5.41, 5.74) is 0. The summed E-state index contributed by atoms with van der Waals surface area (Å²) < 4.78 is 10.9. The predicted molar refractivity (Wildman–Crippen MR) is 214 cm³/mol. The Hall–Kier alpha value is -2.65. The van der Waals surface area contributed by atoms with Gasteiger partial charge < -0.3 is 25.2 Å². The molecule has 0 saturated heterocycles. The van der Waals surface area contributed by atoms with Crippen molar-refractivity contribution in [2.75, 3.05) is 19.8 Å². The van der Waals surface area contributed by atoms with Gasteiger partial charge in [-0.05, 0) is 19.3 Å². The van der Waals surface area contributed by atoms with Crippen LogP contribution in [0.2, 0.25) is 0 Å². The molecule has 0 saturated carbocycles. The number of rotatable bonds is 40. The molecule has 0 radical (unpaired) electrons. The quantitative estimate of drug-likeness (QED) is 0.0414. The molecule has 0 aliphatic carbocycles. The third kappa shape index (κ3) is 37.5. The average molecular weight is 753 g/mol. The average Bonchev–Trinajstić information content (AvgIpc) is 3.14. The zero-order valence-corrected chi connectivity index (χ0v) is 34.1. The van der Waals surface area contributed by atoms with Gasteiger partial charge in [-0.3, -0.25) is 19.2 Å². The largest absolute Gasteiger partial charge is 0.480 e. The van der Waals surface area contributed by atoms with E-state index in [1.807, 2.05) is 0 Å². The summed E-state index contributed by atoms with van der Waals surface area (Å²) in [6.07, 6.45) is 34.2. The van der Waals surface area contributed by atoms with Crippen LogP contribution in [0.1, 0.15) is 219 Å². The van der Waals surface area contributed by atoms with Crippen LogP contribution < -0.4 is 10.6 Å². The van der Waals surface area contributed by atoms with Crippen molar-refractivity contribution >= 4 is 29.7 Å². The first-order valence-corrected chi connectivity index (χ1v) is 21.9. The van der Waals surface area contributed by atoms with Crippen molar-refractivity contribution in [2.45, 2.75) is 225 Å². The van der Waals surface area contributed by atoms with Gasteiger partial charge in [0.25, 0.3) is 0 Å². The maximum atomic E-state index is 12.9. The first-order valence-electron chi connectivity index (χ1n) is 21.9. The Kier molecular flexibility index (Phi) is 37.1. The normalized spacial score (nSPS) is 11.6. The predicted octanol–water partition coefficient (Wildman–Crippen LogP) is 10.3. The lowest BCUT2D eigenvalue weighted by molar-refractivity contribution is -0.149. The smallest absolute Gasteiger partial charge is 0.328 e. The van der Waals surface area contributed by atoms with Gasteiger partial charge in [-0.25, -0.2) is 4.79 Å². The molecule has 3 N–H and O–H groups in total. The lowest BCUT2D eigenvalue weighted by Crippen LogP contribution is -2.42. The van der Waals surface area contributed by atoms with E-state index < -0.39 is 42.3 Å². The molecule has 1 unspecified atom stereocenters. The number of ether oxygens (including phenoxy) is 2. The van der Waals surface area contributed by atoms with E-state index >= 15 is 0 Å². The molecule has 0 heterocycles. The molecule has 0 spiro atoms. The van der Waals surface area contributed by atoms with Crippen molar-refractivity contribution in [3.63, 3.8) is 0 Å². The fourth-order valence-corrected chi connectivity index (χ4v) is 6.39. The van der Waals surface area contributed by atoms with E-state index in [9.17, 15) is 24.0 Å². The number of carbonyl (C=O) groups excluding carboxylic acids is 4. The lowest BCUT2D eigenvalue weighted by atomic mass is 10.0. The van der Waals surface area contributed by atoms with E-state index in [4.69, 9.17) is 14.6 Å². The van der Waals surface area contributed by atoms with Gasteiger partial charge in [0.05, 0.1) is 13.2 Å². The molecule has 1 atom stereocenters. The van der Waals surface area contributed by atoms with Crippen LogP contribution in [0.25, 0.3) is 0 Å². The van der Waals surface area contributed by atoms with E-state index in [1.54, 1.807) is 0 Å². The van der Waals surface area contributed by atoms with E-state index in [1.165, 1.54) is 141 Å². The topological polar surface area (TPSA) is 148 Å². The van der Waals surface area contributed by atoms with Crippen LogP contribution in [-0.4, -0.2) is 60.6 Å².